The normalized spacial score (nSPS) is 14.3. The molecule has 0 radical (unpaired) electrons. The Morgan fingerprint density at radius 1 is 1.18 bits per heavy atom. The lowest BCUT2D eigenvalue weighted by Crippen LogP contribution is -2.23. The maximum atomic E-state index is 11.8. The number of carbonyl (C=O) groups excluding carboxylic acids is 1. The van der Waals surface area contributed by atoms with Gasteiger partial charge in [0.25, 0.3) is 5.69 Å². The Hall–Kier alpha value is -2.94. The molecule has 28 heavy (non-hydrogen) atoms. The molecule has 1 aliphatic rings. The van der Waals surface area contributed by atoms with E-state index in [0.717, 1.165) is 36.4 Å². The van der Waals surface area contributed by atoms with Crippen molar-refractivity contribution in [1.82, 2.24) is 4.90 Å². The van der Waals surface area contributed by atoms with Gasteiger partial charge in [-0.05, 0) is 29.7 Å². The molecule has 0 spiro atoms. The van der Waals surface area contributed by atoms with E-state index < -0.39 is 14.8 Å². The van der Waals surface area contributed by atoms with Gasteiger partial charge < -0.3 is 10.2 Å². The zero-order valence-corrected chi connectivity index (χ0v) is 16.2. The van der Waals surface area contributed by atoms with E-state index in [9.17, 15) is 23.3 Å². The minimum atomic E-state index is -3.53. The number of carbonyl (C=O) groups is 1. The van der Waals surface area contributed by atoms with E-state index in [4.69, 9.17) is 0 Å². The van der Waals surface area contributed by atoms with Crippen molar-refractivity contribution in [2.75, 3.05) is 18.1 Å². The number of nitro groups is 1. The summed E-state index contributed by atoms with van der Waals surface area (Å²) in [5.74, 6) is 0.158. The topological polar surface area (TPSA) is 110 Å². The minimum absolute atomic E-state index is 0.0953. The van der Waals surface area contributed by atoms with Crippen LogP contribution >= 0.6 is 0 Å². The van der Waals surface area contributed by atoms with Crippen molar-refractivity contribution in [2.45, 2.75) is 30.8 Å². The minimum Gasteiger partial charge on any atom is -0.375 e. The second-order valence-corrected chi connectivity index (χ2v) is 8.82. The van der Waals surface area contributed by atoms with Gasteiger partial charge in [0.05, 0.1) is 9.82 Å². The summed E-state index contributed by atoms with van der Waals surface area (Å²) >= 11 is 0. The summed E-state index contributed by atoms with van der Waals surface area (Å²) < 4.78 is 23.3. The highest BCUT2D eigenvalue weighted by atomic mass is 32.2. The van der Waals surface area contributed by atoms with Gasteiger partial charge in [0.15, 0.2) is 9.84 Å². The van der Waals surface area contributed by atoms with E-state index in [1.165, 1.54) is 12.1 Å². The van der Waals surface area contributed by atoms with Crippen LogP contribution in [0.1, 0.15) is 24.0 Å². The van der Waals surface area contributed by atoms with Crippen molar-refractivity contribution in [3.8, 4) is 0 Å². The lowest BCUT2D eigenvalue weighted by atomic mass is 10.1. The number of amides is 1. The van der Waals surface area contributed by atoms with E-state index in [1.54, 1.807) is 0 Å². The Morgan fingerprint density at radius 2 is 1.93 bits per heavy atom. The molecular weight excluding hydrogens is 382 g/mol. The van der Waals surface area contributed by atoms with Gasteiger partial charge >= 0.3 is 0 Å². The second kappa shape index (κ2) is 7.97. The predicted molar refractivity (Wildman–Crippen MR) is 105 cm³/mol. The molecule has 9 heteroatoms. The first kappa shape index (κ1) is 19.8. The van der Waals surface area contributed by atoms with E-state index >= 15 is 0 Å². The van der Waals surface area contributed by atoms with Crippen LogP contribution in [0.25, 0.3) is 0 Å². The highest BCUT2D eigenvalue weighted by Gasteiger charge is 2.20. The zero-order chi connectivity index (χ0) is 20.3. The summed E-state index contributed by atoms with van der Waals surface area (Å²) in [6, 6.07) is 11.5. The zero-order valence-electron chi connectivity index (χ0n) is 15.4. The van der Waals surface area contributed by atoms with Crippen LogP contribution in [0.5, 0.6) is 0 Å². The molecule has 8 nitrogen and oxygen atoms in total. The summed E-state index contributed by atoms with van der Waals surface area (Å²) in [7, 11) is -3.53. The Kier molecular flexibility index (Phi) is 5.64. The number of nitro benzene ring substituents is 1. The average molecular weight is 403 g/mol. The van der Waals surface area contributed by atoms with Gasteiger partial charge in [-0.15, -0.1) is 0 Å². The molecule has 0 unspecified atom stereocenters. The van der Waals surface area contributed by atoms with Crippen LogP contribution in [0.2, 0.25) is 0 Å². The van der Waals surface area contributed by atoms with Gasteiger partial charge in [-0.3, -0.25) is 14.9 Å². The molecule has 0 bridgehead atoms. The van der Waals surface area contributed by atoms with Gasteiger partial charge in [-0.25, -0.2) is 8.42 Å². The third-order valence-electron chi connectivity index (χ3n) is 4.61. The fourth-order valence-electron chi connectivity index (χ4n) is 3.17. The fourth-order valence-corrected chi connectivity index (χ4v) is 3.81. The molecule has 2 aromatic rings. The van der Waals surface area contributed by atoms with Gasteiger partial charge in [0, 0.05) is 38.4 Å². The smallest absolute Gasteiger partial charge is 0.293 e. The molecule has 3 rings (SSSR count). The SMILES string of the molecule is CS(=O)(=O)c1ccc(NCc2cccc(CN3CCCC3=O)c2)c([N+](=O)[O-])c1. The van der Waals surface area contributed by atoms with Crippen molar-refractivity contribution in [3.63, 3.8) is 0 Å². The molecule has 0 aliphatic carbocycles. The number of benzene rings is 2. The number of rotatable bonds is 7. The van der Waals surface area contributed by atoms with Crippen molar-refractivity contribution in [2.24, 2.45) is 0 Å². The van der Waals surface area contributed by atoms with Gasteiger partial charge in [-0.1, -0.05) is 24.3 Å². The molecule has 2 aromatic carbocycles. The maximum absolute atomic E-state index is 11.8. The Balaban J connectivity index is 1.74. The monoisotopic (exact) mass is 403 g/mol. The van der Waals surface area contributed by atoms with Crippen LogP contribution in [0.15, 0.2) is 47.4 Å². The molecule has 148 valence electrons. The van der Waals surface area contributed by atoms with Crippen molar-refractivity contribution < 1.29 is 18.1 Å². The van der Waals surface area contributed by atoms with Gasteiger partial charge in [0.1, 0.15) is 5.69 Å². The molecule has 1 heterocycles. The van der Waals surface area contributed by atoms with Crippen molar-refractivity contribution >= 4 is 27.1 Å². The third-order valence-corrected chi connectivity index (χ3v) is 5.72. The van der Waals surface area contributed by atoms with E-state index in [2.05, 4.69) is 5.32 Å². The van der Waals surface area contributed by atoms with Crippen LogP contribution in [-0.2, 0) is 27.7 Å². The lowest BCUT2D eigenvalue weighted by molar-refractivity contribution is -0.384. The fraction of sp³-hybridized carbons (Fsp3) is 0.316. The van der Waals surface area contributed by atoms with E-state index in [0.29, 0.717) is 19.5 Å². The first-order valence-electron chi connectivity index (χ1n) is 8.82. The van der Waals surface area contributed by atoms with Gasteiger partial charge in [-0.2, -0.15) is 0 Å². The van der Waals surface area contributed by atoms with E-state index in [1.807, 2.05) is 29.2 Å². The molecule has 1 saturated heterocycles. The predicted octanol–water partition coefficient (Wildman–Crippen LogP) is 2.73. The van der Waals surface area contributed by atoms with Crippen LogP contribution in [0, 0.1) is 10.1 Å². The Morgan fingerprint density at radius 3 is 2.57 bits per heavy atom. The summed E-state index contributed by atoms with van der Waals surface area (Å²) in [5, 5.41) is 14.3. The number of nitrogens with zero attached hydrogens (tertiary/aromatic N) is 2. The summed E-state index contributed by atoms with van der Waals surface area (Å²) in [4.78, 5) is 24.2. The second-order valence-electron chi connectivity index (χ2n) is 6.80. The number of hydrogen-bond acceptors (Lipinski definition) is 6. The van der Waals surface area contributed by atoms with Crippen LogP contribution < -0.4 is 5.32 Å². The maximum Gasteiger partial charge on any atom is 0.293 e. The number of likely N-dealkylation sites (tertiary alicyclic amines) is 1. The first-order valence-corrected chi connectivity index (χ1v) is 10.7. The lowest BCUT2D eigenvalue weighted by Gasteiger charge is -2.16. The molecule has 1 amide bonds. The molecule has 0 atom stereocenters. The highest BCUT2D eigenvalue weighted by Crippen LogP contribution is 2.28. The standard InChI is InChI=1S/C19H21N3O5S/c1-28(26,27)16-7-8-17(18(11-16)22(24)25)20-12-14-4-2-5-15(10-14)13-21-9-3-6-19(21)23/h2,4-5,7-8,10-11,20H,3,6,9,12-13H2,1H3. The molecule has 0 aromatic heterocycles. The number of nitrogens with one attached hydrogen (secondary N) is 1. The quantitative estimate of drug-likeness (QED) is 0.562. The number of hydrogen-bond donors (Lipinski definition) is 1. The highest BCUT2D eigenvalue weighted by molar-refractivity contribution is 7.90. The molecule has 1 N–H and O–H groups in total. The van der Waals surface area contributed by atoms with Crippen molar-refractivity contribution in [3.05, 3.63) is 63.7 Å². The van der Waals surface area contributed by atoms with E-state index in [-0.39, 0.29) is 22.2 Å². The van der Waals surface area contributed by atoms with Gasteiger partial charge in [0.2, 0.25) is 5.91 Å². The summed E-state index contributed by atoms with van der Waals surface area (Å²) in [6.45, 7) is 1.65. The molecule has 1 aliphatic heterocycles. The van der Waals surface area contributed by atoms with Crippen LogP contribution in [-0.4, -0.2) is 36.9 Å². The summed E-state index contributed by atoms with van der Waals surface area (Å²) in [6.07, 6.45) is 2.48. The van der Waals surface area contributed by atoms with Crippen molar-refractivity contribution in [1.29, 1.82) is 0 Å². The largest absolute Gasteiger partial charge is 0.375 e. The molecule has 1 fully saturated rings. The Labute approximate surface area is 163 Å². The number of sulfone groups is 1. The first-order chi connectivity index (χ1) is 13.2. The molecule has 0 saturated carbocycles. The third kappa shape index (κ3) is 4.66. The Bertz CT molecular complexity index is 1020. The molecular formula is C19H21N3O5S. The number of anilines is 1. The van der Waals surface area contributed by atoms with Crippen LogP contribution in [0.4, 0.5) is 11.4 Å². The average Bonchev–Trinajstić information content (AvgIpc) is 3.04. The summed E-state index contributed by atoms with van der Waals surface area (Å²) in [5.41, 5.74) is 1.86. The van der Waals surface area contributed by atoms with Crippen LogP contribution in [0.3, 0.4) is 0 Å².